The molecule has 0 spiro atoms. The van der Waals surface area contributed by atoms with Gasteiger partial charge in [0.25, 0.3) is 0 Å². The van der Waals surface area contributed by atoms with Crippen LogP contribution in [0, 0.1) is 13.8 Å². The topological polar surface area (TPSA) is 56.6 Å². The summed E-state index contributed by atoms with van der Waals surface area (Å²) in [6, 6.07) is 22.2. The van der Waals surface area contributed by atoms with Gasteiger partial charge in [-0.25, -0.2) is 4.98 Å². The minimum atomic E-state index is 0.0140. The summed E-state index contributed by atoms with van der Waals surface area (Å²) >= 11 is 0. The number of nitrogens with zero attached hydrogens (tertiary/aromatic N) is 3. The Labute approximate surface area is 206 Å². The van der Waals surface area contributed by atoms with Gasteiger partial charge < -0.3 is 18.9 Å². The van der Waals surface area contributed by atoms with Gasteiger partial charge in [0.05, 0.1) is 30.4 Å². The Kier molecular flexibility index (Phi) is 6.45. The predicted molar refractivity (Wildman–Crippen MR) is 138 cm³/mol. The predicted octanol–water partition coefficient (Wildman–Crippen LogP) is 5.65. The van der Waals surface area contributed by atoms with Crippen LogP contribution in [0.15, 0.2) is 66.7 Å². The van der Waals surface area contributed by atoms with Crippen LogP contribution >= 0.6 is 0 Å². The summed E-state index contributed by atoms with van der Waals surface area (Å²) in [7, 11) is 1.64. The molecule has 1 atom stereocenters. The van der Waals surface area contributed by atoms with E-state index in [2.05, 4.69) is 42.7 Å². The molecule has 35 heavy (non-hydrogen) atoms. The second-order valence-electron chi connectivity index (χ2n) is 9.21. The van der Waals surface area contributed by atoms with Crippen LogP contribution in [0.1, 0.15) is 35.7 Å². The normalized spacial score (nSPS) is 15.7. The van der Waals surface area contributed by atoms with Gasteiger partial charge in [-0.2, -0.15) is 0 Å². The molecule has 6 heteroatoms. The first-order chi connectivity index (χ1) is 17.0. The molecule has 5 rings (SSSR count). The second kappa shape index (κ2) is 9.82. The lowest BCUT2D eigenvalue weighted by Crippen LogP contribution is -2.25. The van der Waals surface area contributed by atoms with Crippen molar-refractivity contribution >= 4 is 22.6 Å². The smallest absolute Gasteiger partial charge is 0.227 e. The lowest BCUT2D eigenvalue weighted by Gasteiger charge is -2.20. The van der Waals surface area contributed by atoms with E-state index in [0.29, 0.717) is 25.3 Å². The quantitative estimate of drug-likeness (QED) is 0.313. The average Bonchev–Trinajstić information content (AvgIpc) is 3.41. The number of methoxy groups -OCH3 is 1. The highest BCUT2D eigenvalue weighted by molar-refractivity contribution is 5.97. The molecule has 0 aliphatic carbocycles. The molecule has 0 bridgehead atoms. The van der Waals surface area contributed by atoms with Gasteiger partial charge in [-0.05, 0) is 67.8 Å². The molecular formula is C29H31N3O3. The van der Waals surface area contributed by atoms with Crippen molar-refractivity contribution in [1.82, 2.24) is 9.55 Å². The number of hydrogen-bond donors (Lipinski definition) is 0. The van der Waals surface area contributed by atoms with E-state index in [1.165, 1.54) is 11.1 Å². The zero-order valence-electron chi connectivity index (χ0n) is 20.5. The number of aromatic nitrogens is 2. The van der Waals surface area contributed by atoms with Crippen LogP contribution in [-0.2, 0) is 11.3 Å². The number of amides is 1. The third-order valence-electron chi connectivity index (χ3n) is 6.54. The van der Waals surface area contributed by atoms with Gasteiger partial charge >= 0.3 is 0 Å². The molecule has 1 aliphatic heterocycles. The number of aryl methyl sites for hydroxylation is 3. The van der Waals surface area contributed by atoms with E-state index in [4.69, 9.17) is 14.5 Å². The molecular weight excluding hydrogens is 438 g/mol. The number of imidazole rings is 1. The molecule has 0 saturated carbocycles. The summed E-state index contributed by atoms with van der Waals surface area (Å²) in [6.07, 6.45) is 1.28. The fraction of sp³-hybridized carbons (Fsp3) is 0.310. The van der Waals surface area contributed by atoms with Crippen LogP contribution in [0.25, 0.3) is 11.0 Å². The Hall–Kier alpha value is -3.80. The van der Waals surface area contributed by atoms with E-state index in [1.807, 2.05) is 47.4 Å². The Balaban J connectivity index is 1.35. The van der Waals surface area contributed by atoms with Crippen LogP contribution in [0.3, 0.4) is 0 Å². The summed E-state index contributed by atoms with van der Waals surface area (Å²) < 4.78 is 13.8. The minimum Gasteiger partial charge on any atom is -0.495 e. The van der Waals surface area contributed by atoms with Gasteiger partial charge in [0.15, 0.2) is 0 Å². The molecule has 4 aromatic rings. The Morgan fingerprint density at radius 2 is 1.74 bits per heavy atom. The first-order valence-electron chi connectivity index (χ1n) is 12.1. The highest BCUT2D eigenvalue weighted by Crippen LogP contribution is 2.37. The van der Waals surface area contributed by atoms with Gasteiger partial charge in [-0.3, -0.25) is 4.79 Å². The fourth-order valence-corrected chi connectivity index (χ4v) is 5.04. The van der Waals surface area contributed by atoms with Crippen LogP contribution < -0.4 is 14.4 Å². The number of anilines is 1. The lowest BCUT2D eigenvalue weighted by molar-refractivity contribution is -0.117. The molecule has 6 nitrogen and oxygen atoms in total. The number of benzene rings is 3. The highest BCUT2D eigenvalue weighted by Gasteiger charge is 2.35. The highest BCUT2D eigenvalue weighted by atomic mass is 16.5. The summed E-state index contributed by atoms with van der Waals surface area (Å²) in [5, 5.41) is 0. The third-order valence-corrected chi connectivity index (χ3v) is 6.54. The second-order valence-corrected chi connectivity index (χ2v) is 9.21. The molecule has 3 aromatic carbocycles. The summed E-state index contributed by atoms with van der Waals surface area (Å²) in [5.74, 6) is 2.69. The number of rotatable bonds is 8. The van der Waals surface area contributed by atoms with E-state index in [9.17, 15) is 4.79 Å². The average molecular weight is 470 g/mol. The third kappa shape index (κ3) is 4.74. The van der Waals surface area contributed by atoms with E-state index in [-0.39, 0.29) is 11.8 Å². The maximum Gasteiger partial charge on any atom is 0.227 e. The standard InChI is InChI=1S/C29H31N3O3/c1-20-15-21(2)17-23(16-20)35-14-8-13-31-25-10-5-4-9-24(25)30-29(31)22-18-28(33)32(19-22)26-11-6-7-12-27(26)34-3/h4-7,9-12,15-17,22H,8,13-14,18-19H2,1-3H3/t22-/m0/s1. The van der Waals surface area contributed by atoms with E-state index >= 15 is 0 Å². The molecule has 0 radical (unpaired) electrons. The molecule has 1 saturated heterocycles. The zero-order valence-corrected chi connectivity index (χ0v) is 20.5. The molecule has 1 amide bonds. The Bertz CT molecular complexity index is 1340. The molecule has 180 valence electrons. The summed E-state index contributed by atoms with van der Waals surface area (Å²) in [4.78, 5) is 19.8. The van der Waals surface area contributed by atoms with Crippen LogP contribution in [0.4, 0.5) is 5.69 Å². The van der Waals surface area contributed by atoms with E-state index in [1.54, 1.807) is 7.11 Å². The van der Waals surface area contributed by atoms with Gasteiger partial charge in [-0.1, -0.05) is 30.3 Å². The number of ether oxygens (including phenoxy) is 2. The number of para-hydroxylation sites is 4. The van der Waals surface area contributed by atoms with Gasteiger partial charge in [0.1, 0.15) is 17.3 Å². The maximum atomic E-state index is 13.0. The van der Waals surface area contributed by atoms with Crippen molar-refractivity contribution < 1.29 is 14.3 Å². The number of fused-ring (bicyclic) bond motifs is 1. The van der Waals surface area contributed by atoms with Crippen LogP contribution in [0.5, 0.6) is 11.5 Å². The van der Waals surface area contributed by atoms with Gasteiger partial charge in [0.2, 0.25) is 5.91 Å². The summed E-state index contributed by atoms with van der Waals surface area (Å²) in [6.45, 7) is 6.15. The number of hydrogen-bond acceptors (Lipinski definition) is 4. The first-order valence-corrected chi connectivity index (χ1v) is 12.1. The molecule has 2 heterocycles. The van der Waals surface area contributed by atoms with Crippen molar-refractivity contribution in [2.24, 2.45) is 0 Å². The fourth-order valence-electron chi connectivity index (χ4n) is 5.04. The van der Waals surface area contributed by atoms with Crippen molar-refractivity contribution in [3.63, 3.8) is 0 Å². The minimum absolute atomic E-state index is 0.0140. The van der Waals surface area contributed by atoms with Crippen molar-refractivity contribution in [3.05, 3.63) is 83.7 Å². The van der Waals surface area contributed by atoms with E-state index in [0.717, 1.165) is 41.3 Å². The SMILES string of the molecule is COc1ccccc1N1C[C@@H](c2nc3ccccc3n2CCCOc2cc(C)cc(C)c2)CC1=O. The van der Waals surface area contributed by atoms with Crippen molar-refractivity contribution in [2.45, 2.75) is 39.2 Å². The summed E-state index contributed by atoms with van der Waals surface area (Å²) in [5.41, 5.74) is 5.27. The number of carbonyl (C=O) groups is 1. The first kappa shape index (κ1) is 23.0. The van der Waals surface area contributed by atoms with E-state index < -0.39 is 0 Å². The molecule has 1 aliphatic rings. The molecule has 0 N–H and O–H groups in total. The van der Waals surface area contributed by atoms with Gasteiger partial charge in [0, 0.05) is 25.4 Å². The van der Waals surface area contributed by atoms with Crippen molar-refractivity contribution in [3.8, 4) is 11.5 Å². The number of carbonyl (C=O) groups excluding carboxylic acids is 1. The monoisotopic (exact) mass is 469 g/mol. The Morgan fingerprint density at radius 1 is 1.00 bits per heavy atom. The van der Waals surface area contributed by atoms with Crippen molar-refractivity contribution in [1.29, 1.82) is 0 Å². The largest absolute Gasteiger partial charge is 0.495 e. The Morgan fingerprint density at radius 3 is 2.54 bits per heavy atom. The van der Waals surface area contributed by atoms with Crippen LogP contribution in [0.2, 0.25) is 0 Å². The van der Waals surface area contributed by atoms with Gasteiger partial charge in [-0.15, -0.1) is 0 Å². The zero-order chi connectivity index (χ0) is 24.4. The lowest BCUT2D eigenvalue weighted by atomic mass is 10.1. The molecule has 1 aromatic heterocycles. The maximum absolute atomic E-state index is 13.0. The molecule has 1 fully saturated rings. The molecule has 0 unspecified atom stereocenters. The van der Waals surface area contributed by atoms with Crippen LogP contribution in [-0.4, -0.2) is 35.7 Å². The van der Waals surface area contributed by atoms with Crippen molar-refractivity contribution in [2.75, 3.05) is 25.2 Å².